The maximum Gasteiger partial charge on any atom is 0.233 e. The molecule has 2 aromatic heterocycles. The second-order valence-electron chi connectivity index (χ2n) is 7.77. The summed E-state index contributed by atoms with van der Waals surface area (Å²) in [4.78, 5) is 26.4. The number of piperidine rings is 1. The Kier molecular flexibility index (Phi) is 7.02. The molecule has 30 heavy (non-hydrogen) atoms. The monoisotopic (exact) mass is 440 g/mol. The van der Waals surface area contributed by atoms with E-state index >= 15 is 0 Å². The second-order valence-corrected chi connectivity index (χ2v) is 10.2. The lowest BCUT2D eigenvalue weighted by atomic mass is 10.0. The van der Waals surface area contributed by atoms with Crippen molar-refractivity contribution >= 4 is 39.2 Å². The Morgan fingerprint density at radius 3 is 2.77 bits per heavy atom. The first kappa shape index (κ1) is 21.3. The molecule has 0 aliphatic carbocycles. The quantitative estimate of drug-likeness (QED) is 0.433. The fourth-order valence-corrected chi connectivity index (χ4v) is 5.67. The number of carbonyl (C=O) groups is 1. The Balaban J connectivity index is 1.29. The molecule has 0 bridgehead atoms. The molecular weight excluding hydrogens is 412 g/mol. The van der Waals surface area contributed by atoms with E-state index in [1.54, 1.807) is 17.7 Å². The third-order valence-electron chi connectivity index (χ3n) is 5.53. The van der Waals surface area contributed by atoms with Crippen LogP contribution >= 0.6 is 23.1 Å². The zero-order chi connectivity index (χ0) is 20.9. The minimum Gasteiger partial charge on any atom is -0.352 e. The number of hydrogen-bond acceptors (Lipinski definition) is 6. The highest BCUT2D eigenvalue weighted by atomic mass is 32.2. The van der Waals surface area contributed by atoms with Gasteiger partial charge in [-0.1, -0.05) is 49.0 Å². The fourth-order valence-electron chi connectivity index (χ4n) is 3.77. The van der Waals surface area contributed by atoms with Crippen molar-refractivity contribution in [2.24, 2.45) is 0 Å². The standard InChI is InChI=1S/C23H28N4OS2/c1-3-19-13-20-22(24-15-25-23(20)30-19)29-16(2)21(28)26-18-9-11-27(12-10-18)14-17-7-5-4-6-8-17/h4-8,13,15-16,18H,3,9-12,14H2,1-2H3,(H,26,28). The van der Waals surface area contributed by atoms with Crippen LogP contribution in [0, 0.1) is 0 Å². The first-order chi connectivity index (χ1) is 14.6. The average Bonchev–Trinajstić information content (AvgIpc) is 3.20. The summed E-state index contributed by atoms with van der Waals surface area (Å²) in [5.74, 6) is 0.0965. The topological polar surface area (TPSA) is 58.1 Å². The van der Waals surface area contributed by atoms with Gasteiger partial charge in [-0.25, -0.2) is 9.97 Å². The molecule has 4 rings (SSSR count). The summed E-state index contributed by atoms with van der Waals surface area (Å²) in [7, 11) is 0. The predicted octanol–water partition coefficient (Wildman–Crippen LogP) is 4.52. The summed E-state index contributed by atoms with van der Waals surface area (Å²) in [6.07, 6.45) is 4.59. The van der Waals surface area contributed by atoms with Gasteiger partial charge in [0.05, 0.1) is 5.25 Å². The third kappa shape index (κ3) is 5.20. The number of thioether (sulfide) groups is 1. The lowest BCUT2D eigenvalue weighted by Gasteiger charge is -2.32. The number of amides is 1. The second kappa shape index (κ2) is 9.90. The van der Waals surface area contributed by atoms with E-state index in [0.717, 1.165) is 54.1 Å². The molecule has 3 aromatic rings. The van der Waals surface area contributed by atoms with E-state index in [0.29, 0.717) is 0 Å². The Morgan fingerprint density at radius 2 is 2.03 bits per heavy atom. The van der Waals surface area contributed by atoms with Gasteiger partial charge >= 0.3 is 0 Å². The van der Waals surface area contributed by atoms with Gasteiger partial charge in [-0.3, -0.25) is 9.69 Å². The van der Waals surface area contributed by atoms with E-state index in [1.165, 1.54) is 22.2 Å². The highest BCUT2D eigenvalue weighted by Crippen LogP contribution is 2.33. The van der Waals surface area contributed by atoms with Crippen LogP contribution in [0.1, 0.15) is 37.1 Å². The number of thiophene rings is 1. The van der Waals surface area contributed by atoms with E-state index < -0.39 is 0 Å². The van der Waals surface area contributed by atoms with Crippen molar-refractivity contribution in [2.45, 2.75) is 56.0 Å². The number of carbonyl (C=O) groups excluding carboxylic acids is 1. The van der Waals surface area contributed by atoms with Crippen molar-refractivity contribution in [3.63, 3.8) is 0 Å². The molecule has 1 aromatic carbocycles. The van der Waals surface area contributed by atoms with Crippen molar-refractivity contribution in [2.75, 3.05) is 13.1 Å². The van der Waals surface area contributed by atoms with E-state index in [1.807, 2.05) is 6.92 Å². The van der Waals surface area contributed by atoms with Crippen LogP contribution < -0.4 is 5.32 Å². The Hall–Kier alpha value is -1.96. The van der Waals surface area contributed by atoms with Crippen molar-refractivity contribution in [1.82, 2.24) is 20.2 Å². The number of nitrogens with one attached hydrogen (secondary N) is 1. The van der Waals surface area contributed by atoms with Gasteiger partial charge in [0.2, 0.25) is 5.91 Å². The summed E-state index contributed by atoms with van der Waals surface area (Å²) in [5.41, 5.74) is 1.35. The van der Waals surface area contributed by atoms with Gasteiger partial charge in [0, 0.05) is 35.9 Å². The smallest absolute Gasteiger partial charge is 0.233 e. The number of likely N-dealkylation sites (tertiary alicyclic amines) is 1. The highest BCUT2D eigenvalue weighted by molar-refractivity contribution is 8.00. The summed E-state index contributed by atoms with van der Waals surface area (Å²) < 4.78 is 0. The molecular formula is C23H28N4OS2. The van der Waals surface area contributed by atoms with Crippen LogP contribution in [-0.2, 0) is 17.8 Å². The van der Waals surface area contributed by atoms with Gasteiger partial charge in [0.15, 0.2) is 0 Å². The Labute approximate surface area is 186 Å². The minimum absolute atomic E-state index is 0.0965. The molecule has 0 saturated carbocycles. The van der Waals surface area contributed by atoms with Crippen LogP contribution in [0.5, 0.6) is 0 Å². The van der Waals surface area contributed by atoms with Gasteiger partial charge in [0.25, 0.3) is 0 Å². The lowest BCUT2D eigenvalue weighted by Crippen LogP contribution is -2.46. The first-order valence-electron chi connectivity index (χ1n) is 10.6. The van der Waals surface area contributed by atoms with Gasteiger partial charge < -0.3 is 5.32 Å². The van der Waals surface area contributed by atoms with Gasteiger partial charge in [-0.05, 0) is 37.8 Å². The molecule has 1 unspecified atom stereocenters. The molecule has 1 aliphatic heterocycles. The number of rotatable bonds is 7. The number of aromatic nitrogens is 2. The number of benzene rings is 1. The maximum absolute atomic E-state index is 12.8. The predicted molar refractivity (Wildman–Crippen MR) is 125 cm³/mol. The molecule has 3 heterocycles. The fraction of sp³-hybridized carbons (Fsp3) is 0.435. The number of fused-ring (bicyclic) bond motifs is 1. The van der Waals surface area contributed by atoms with Crippen LogP contribution in [0.2, 0.25) is 0 Å². The minimum atomic E-state index is -0.185. The van der Waals surface area contributed by atoms with Crippen LogP contribution in [0.3, 0.4) is 0 Å². The van der Waals surface area contributed by atoms with Crippen LogP contribution in [0.4, 0.5) is 0 Å². The van der Waals surface area contributed by atoms with Crippen molar-refractivity contribution in [1.29, 1.82) is 0 Å². The molecule has 1 saturated heterocycles. The lowest BCUT2D eigenvalue weighted by molar-refractivity contribution is -0.121. The average molecular weight is 441 g/mol. The molecule has 158 valence electrons. The number of hydrogen-bond donors (Lipinski definition) is 1. The number of nitrogens with zero attached hydrogens (tertiary/aromatic N) is 3. The molecule has 5 nitrogen and oxygen atoms in total. The Morgan fingerprint density at radius 1 is 1.27 bits per heavy atom. The summed E-state index contributed by atoms with van der Waals surface area (Å²) in [5, 5.41) is 5.04. The van der Waals surface area contributed by atoms with Crippen LogP contribution in [0.25, 0.3) is 10.2 Å². The summed E-state index contributed by atoms with van der Waals surface area (Å²) >= 11 is 3.24. The maximum atomic E-state index is 12.8. The van der Waals surface area contributed by atoms with Crippen LogP contribution in [0.15, 0.2) is 47.8 Å². The van der Waals surface area contributed by atoms with Crippen molar-refractivity contribution in [3.05, 3.63) is 53.2 Å². The van der Waals surface area contributed by atoms with Gasteiger partial charge in [-0.2, -0.15) is 0 Å². The molecule has 1 N–H and O–H groups in total. The molecule has 0 spiro atoms. The van der Waals surface area contributed by atoms with Crippen molar-refractivity contribution < 1.29 is 4.79 Å². The first-order valence-corrected chi connectivity index (χ1v) is 12.3. The van der Waals surface area contributed by atoms with Gasteiger partial charge in [0.1, 0.15) is 16.2 Å². The van der Waals surface area contributed by atoms with E-state index in [9.17, 15) is 4.79 Å². The summed E-state index contributed by atoms with van der Waals surface area (Å²) in [6, 6.07) is 13.0. The normalized spacial score (nSPS) is 16.6. The van der Waals surface area contributed by atoms with E-state index in [-0.39, 0.29) is 17.2 Å². The molecule has 1 atom stereocenters. The SMILES string of the molecule is CCc1cc2c(SC(C)C(=O)NC3CCN(Cc4ccccc4)CC3)ncnc2s1. The van der Waals surface area contributed by atoms with Crippen molar-refractivity contribution in [3.8, 4) is 0 Å². The summed E-state index contributed by atoms with van der Waals surface area (Å²) in [6.45, 7) is 7.13. The molecule has 1 amide bonds. The number of aryl methyl sites for hydroxylation is 1. The molecule has 1 fully saturated rings. The molecule has 1 aliphatic rings. The van der Waals surface area contributed by atoms with E-state index in [2.05, 4.69) is 63.5 Å². The Bertz CT molecular complexity index is 983. The van der Waals surface area contributed by atoms with Crippen LogP contribution in [-0.4, -0.2) is 45.2 Å². The zero-order valence-corrected chi connectivity index (χ0v) is 19.1. The zero-order valence-electron chi connectivity index (χ0n) is 17.5. The molecule has 7 heteroatoms. The third-order valence-corrected chi connectivity index (χ3v) is 7.84. The molecule has 0 radical (unpaired) electrons. The van der Waals surface area contributed by atoms with E-state index in [4.69, 9.17) is 0 Å². The largest absolute Gasteiger partial charge is 0.352 e. The highest BCUT2D eigenvalue weighted by Gasteiger charge is 2.24. The van der Waals surface area contributed by atoms with Gasteiger partial charge in [-0.15, -0.1) is 11.3 Å².